The van der Waals surface area contributed by atoms with Gasteiger partial charge in [-0.2, -0.15) is 10.1 Å². The number of hydrogen-bond donors (Lipinski definition) is 0. The number of hydrogen-bond acceptors (Lipinski definition) is 6. The molecule has 1 aromatic carbocycles. The molecule has 3 heterocycles. The van der Waals surface area contributed by atoms with E-state index in [4.69, 9.17) is 4.52 Å². The highest BCUT2D eigenvalue weighted by atomic mass is 16.5. The van der Waals surface area contributed by atoms with Crippen LogP contribution in [-0.2, 0) is 18.3 Å². The summed E-state index contributed by atoms with van der Waals surface area (Å²) in [6.07, 6.45) is 3.85. The van der Waals surface area contributed by atoms with E-state index >= 15 is 0 Å². The second-order valence-electron chi connectivity index (χ2n) is 6.93. The summed E-state index contributed by atoms with van der Waals surface area (Å²) in [7, 11) is 1.90. The van der Waals surface area contributed by atoms with Crippen LogP contribution >= 0.6 is 0 Å². The predicted octanol–water partition coefficient (Wildman–Crippen LogP) is 2.14. The molecule has 28 heavy (non-hydrogen) atoms. The lowest BCUT2D eigenvalue weighted by Crippen LogP contribution is -2.35. The van der Waals surface area contributed by atoms with Crippen molar-refractivity contribution in [3.05, 3.63) is 48.3 Å². The molecule has 8 nitrogen and oxygen atoms in total. The van der Waals surface area contributed by atoms with Crippen LogP contribution in [0.4, 0.5) is 5.95 Å². The number of aromatic nitrogens is 4. The van der Waals surface area contributed by atoms with Crippen LogP contribution in [0.5, 0.6) is 0 Å². The van der Waals surface area contributed by atoms with E-state index in [2.05, 4.69) is 20.1 Å². The van der Waals surface area contributed by atoms with E-state index in [1.54, 1.807) is 6.20 Å². The van der Waals surface area contributed by atoms with Crippen LogP contribution in [0.25, 0.3) is 11.5 Å². The van der Waals surface area contributed by atoms with Crippen molar-refractivity contribution < 1.29 is 9.32 Å². The minimum atomic E-state index is 0.182. The first kappa shape index (κ1) is 18.2. The Labute approximate surface area is 163 Å². The zero-order chi connectivity index (χ0) is 19.3. The second kappa shape index (κ2) is 8.24. The highest BCUT2D eigenvalue weighted by Crippen LogP contribution is 2.21. The summed E-state index contributed by atoms with van der Waals surface area (Å²) < 4.78 is 7.24. The quantitative estimate of drug-likeness (QED) is 0.675. The third kappa shape index (κ3) is 4.05. The molecule has 2 aromatic heterocycles. The maximum absolute atomic E-state index is 12.6. The number of aryl methyl sites for hydroxylation is 2. The molecular weight excluding hydrogens is 356 g/mol. The number of nitrogens with zero attached hydrogens (tertiary/aromatic N) is 6. The topological polar surface area (TPSA) is 80.3 Å². The van der Waals surface area contributed by atoms with Gasteiger partial charge in [-0.3, -0.25) is 9.48 Å². The fraction of sp³-hybridized carbons (Fsp3) is 0.400. The zero-order valence-electron chi connectivity index (χ0n) is 16.0. The summed E-state index contributed by atoms with van der Waals surface area (Å²) in [6.45, 7) is 2.92. The van der Waals surface area contributed by atoms with E-state index < -0.39 is 0 Å². The van der Waals surface area contributed by atoms with Crippen LogP contribution in [0.2, 0.25) is 0 Å². The van der Waals surface area contributed by atoms with Crippen molar-refractivity contribution in [3.8, 4) is 11.5 Å². The molecule has 0 saturated carbocycles. The highest BCUT2D eigenvalue weighted by molar-refractivity contribution is 5.76. The van der Waals surface area contributed by atoms with Gasteiger partial charge in [-0.25, -0.2) is 0 Å². The van der Waals surface area contributed by atoms with E-state index in [-0.39, 0.29) is 5.91 Å². The first-order valence-corrected chi connectivity index (χ1v) is 9.59. The molecular formula is C20H24N6O2. The molecule has 0 bridgehead atoms. The standard InChI is InChI=1S/C20H24N6O2/c1-24-17(10-11-21-24)8-9-18(27)25-12-5-13-26(15-14-25)20-22-19(28-23-20)16-6-3-2-4-7-16/h2-4,6-7,10-11H,5,8-9,12-15H2,1H3. The Bertz CT molecular complexity index is 920. The van der Waals surface area contributed by atoms with Crippen molar-refractivity contribution in [2.45, 2.75) is 19.3 Å². The Balaban J connectivity index is 1.34. The van der Waals surface area contributed by atoms with Gasteiger partial charge in [-0.15, -0.1) is 0 Å². The minimum Gasteiger partial charge on any atom is -0.341 e. The van der Waals surface area contributed by atoms with Crippen molar-refractivity contribution in [1.29, 1.82) is 0 Å². The Hall–Kier alpha value is -3.16. The van der Waals surface area contributed by atoms with Gasteiger partial charge in [0.25, 0.3) is 11.8 Å². The number of anilines is 1. The third-order valence-corrected chi connectivity index (χ3v) is 5.08. The lowest BCUT2D eigenvalue weighted by atomic mass is 10.2. The number of benzene rings is 1. The fourth-order valence-electron chi connectivity index (χ4n) is 3.45. The number of carbonyl (C=O) groups excluding carboxylic acids is 1. The Morgan fingerprint density at radius 2 is 1.96 bits per heavy atom. The maximum Gasteiger partial charge on any atom is 0.266 e. The molecule has 3 aromatic rings. The van der Waals surface area contributed by atoms with Gasteiger partial charge in [-0.1, -0.05) is 18.2 Å². The summed E-state index contributed by atoms with van der Waals surface area (Å²) >= 11 is 0. The summed E-state index contributed by atoms with van der Waals surface area (Å²) in [4.78, 5) is 21.2. The Morgan fingerprint density at radius 3 is 2.75 bits per heavy atom. The molecule has 1 amide bonds. The van der Waals surface area contributed by atoms with Crippen LogP contribution in [0, 0.1) is 0 Å². The smallest absolute Gasteiger partial charge is 0.266 e. The number of carbonyl (C=O) groups is 1. The molecule has 146 valence electrons. The second-order valence-corrected chi connectivity index (χ2v) is 6.93. The van der Waals surface area contributed by atoms with Gasteiger partial charge in [0.1, 0.15) is 0 Å². The average Bonchev–Trinajstić information content (AvgIpc) is 3.30. The van der Waals surface area contributed by atoms with Crippen molar-refractivity contribution in [2.75, 3.05) is 31.1 Å². The first-order chi connectivity index (χ1) is 13.7. The summed E-state index contributed by atoms with van der Waals surface area (Å²) in [6, 6.07) is 11.7. The SMILES string of the molecule is Cn1nccc1CCC(=O)N1CCCN(c2noc(-c3ccccc3)n2)CC1. The molecule has 0 atom stereocenters. The largest absolute Gasteiger partial charge is 0.341 e. The molecule has 0 unspecified atom stereocenters. The molecule has 0 spiro atoms. The molecule has 4 rings (SSSR count). The van der Waals surface area contributed by atoms with Crippen molar-refractivity contribution >= 4 is 11.9 Å². The minimum absolute atomic E-state index is 0.182. The molecule has 0 radical (unpaired) electrons. The average molecular weight is 380 g/mol. The molecule has 1 aliphatic rings. The van der Waals surface area contributed by atoms with Gasteiger partial charge < -0.3 is 14.3 Å². The van der Waals surface area contributed by atoms with Gasteiger partial charge in [0.2, 0.25) is 5.91 Å². The molecule has 1 aliphatic heterocycles. The molecule has 1 fully saturated rings. The van der Waals surface area contributed by atoms with Gasteiger partial charge in [-0.05, 0) is 36.2 Å². The normalized spacial score (nSPS) is 14.9. The number of rotatable bonds is 5. The van der Waals surface area contributed by atoms with Crippen molar-refractivity contribution in [1.82, 2.24) is 24.8 Å². The Morgan fingerprint density at radius 1 is 1.11 bits per heavy atom. The highest BCUT2D eigenvalue weighted by Gasteiger charge is 2.22. The summed E-state index contributed by atoms with van der Waals surface area (Å²) in [5.74, 6) is 1.29. The summed E-state index contributed by atoms with van der Waals surface area (Å²) in [5, 5.41) is 8.29. The lowest BCUT2D eigenvalue weighted by Gasteiger charge is -2.21. The van der Waals surface area contributed by atoms with E-state index in [0.29, 0.717) is 37.8 Å². The third-order valence-electron chi connectivity index (χ3n) is 5.08. The summed E-state index contributed by atoms with van der Waals surface area (Å²) in [5.41, 5.74) is 1.98. The van der Waals surface area contributed by atoms with Crippen LogP contribution in [0.15, 0.2) is 47.1 Å². The van der Waals surface area contributed by atoms with Crippen molar-refractivity contribution in [2.24, 2.45) is 7.05 Å². The number of amides is 1. The van der Waals surface area contributed by atoms with Crippen LogP contribution in [-0.4, -0.2) is 56.9 Å². The van der Waals surface area contributed by atoms with Crippen LogP contribution < -0.4 is 4.90 Å². The lowest BCUT2D eigenvalue weighted by molar-refractivity contribution is -0.130. The molecule has 8 heteroatoms. The first-order valence-electron chi connectivity index (χ1n) is 9.59. The van der Waals surface area contributed by atoms with Crippen LogP contribution in [0.1, 0.15) is 18.5 Å². The van der Waals surface area contributed by atoms with Crippen molar-refractivity contribution in [3.63, 3.8) is 0 Å². The van der Waals surface area contributed by atoms with Gasteiger partial charge >= 0.3 is 0 Å². The maximum atomic E-state index is 12.6. The van der Waals surface area contributed by atoms with E-state index in [0.717, 1.165) is 30.8 Å². The van der Waals surface area contributed by atoms with E-state index in [1.807, 2.05) is 53.0 Å². The molecule has 1 saturated heterocycles. The molecule has 0 aliphatic carbocycles. The van der Waals surface area contributed by atoms with Crippen LogP contribution in [0.3, 0.4) is 0 Å². The fourth-order valence-corrected chi connectivity index (χ4v) is 3.45. The zero-order valence-corrected chi connectivity index (χ0v) is 16.0. The monoisotopic (exact) mass is 380 g/mol. The predicted molar refractivity (Wildman–Crippen MR) is 105 cm³/mol. The molecule has 0 N–H and O–H groups in total. The Kier molecular flexibility index (Phi) is 5.36. The van der Waals surface area contributed by atoms with Gasteiger partial charge in [0, 0.05) is 57.1 Å². The van der Waals surface area contributed by atoms with Gasteiger partial charge in [0.05, 0.1) is 0 Å². The van der Waals surface area contributed by atoms with E-state index in [1.165, 1.54) is 0 Å². The van der Waals surface area contributed by atoms with E-state index in [9.17, 15) is 4.79 Å². The van der Waals surface area contributed by atoms with Gasteiger partial charge in [0.15, 0.2) is 0 Å².